The van der Waals surface area contributed by atoms with Gasteiger partial charge in [0.15, 0.2) is 0 Å². The van der Waals surface area contributed by atoms with Crippen molar-refractivity contribution in [3.63, 3.8) is 0 Å². The fourth-order valence-electron chi connectivity index (χ4n) is 4.17. The van der Waals surface area contributed by atoms with Gasteiger partial charge < -0.3 is 9.32 Å². The van der Waals surface area contributed by atoms with Gasteiger partial charge >= 0.3 is 0 Å². The average Bonchev–Trinajstić information content (AvgIpc) is 3.54. The minimum Gasteiger partial charge on any atom is -0.467 e. The van der Waals surface area contributed by atoms with Gasteiger partial charge in [-0.3, -0.25) is 19.4 Å². The number of thiophene rings is 1. The molecular formula is C24H23N3O3S. The first kappa shape index (κ1) is 19.8. The van der Waals surface area contributed by atoms with E-state index in [2.05, 4.69) is 34.1 Å². The quantitative estimate of drug-likeness (QED) is 0.558. The third-order valence-corrected chi connectivity index (χ3v) is 6.63. The molecule has 5 rings (SSSR count). The molecule has 2 aliphatic heterocycles. The molecule has 0 N–H and O–H groups in total. The van der Waals surface area contributed by atoms with E-state index in [0.717, 1.165) is 24.5 Å². The summed E-state index contributed by atoms with van der Waals surface area (Å²) in [4.78, 5) is 33.3. The molecular weight excluding hydrogens is 410 g/mol. The van der Waals surface area contributed by atoms with Gasteiger partial charge in [0.2, 0.25) is 0 Å². The molecule has 0 unspecified atom stereocenters. The first-order valence-corrected chi connectivity index (χ1v) is 11.3. The monoisotopic (exact) mass is 433 g/mol. The molecule has 0 saturated carbocycles. The highest BCUT2D eigenvalue weighted by atomic mass is 32.1. The van der Waals surface area contributed by atoms with Gasteiger partial charge in [-0.05, 0) is 29.1 Å². The molecule has 4 heterocycles. The van der Waals surface area contributed by atoms with E-state index >= 15 is 0 Å². The molecule has 2 aliphatic rings. The molecule has 1 aromatic carbocycles. The van der Waals surface area contributed by atoms with Crippen LogP contribution in [0.2, 0.25) is 0 Å². The van der Waals surface area contributed by atoms with Crippen LogP contribution in [0, 0.1) is 0 Å². The van der Waals surface area contributed by atoms with Gasteiger partial charge in [-0.15, -0.1) is 11.3 Å². The van der Waals surface area contributed by atoms with Gasteiger partial charge in [0.05, 0.1) is 18.4 Å². The van der Waals surface area contributed by atoms with Gasteiger partial charge in [-0.25, -0.2) is 0 Å². The molecule has 0 spiro atoms. The van der Waals surface area contributed by atoms with Crippen molar-refractivity contribution in [2.45, 2.75) is 13.1 Å². The number of carbonyl (C=O) groups excluding carboxylic acids is 2. The second-order valence-electron chi connectivity index (χ2n) is 7.73. The van der Waals surface area contributed by atoms with Gasteiger partial charge in [0, 0.05) is 37.6 Å². The van der Waals surface area contributed by atoms with Crippen LogP contribution in [-0.4, -0.2) is 52.7 Å². The molecule has 158 valence electrons. The largest absolute Gasteiger partial charge is 0.467 e. The zero-order valence-corrected chi connectivity index (χ0v) is 17.9. The Labute approximate surface area is 185 Å². The molecule has 1 fully saturated rings. The number of carbonyl (C=O) groups is 2. The highest BCUT2D eigenvalue weighted by Gasteiger charge is 2.42. The number of hydrogen-bond acceptors (Lipinski definition) is 6. The van der Waals surface area contributed by atoms with Crippen LogP contribution in [0.15, 0.2) is 76.4 Å². The molecule has 7 heteroatoms. The van der Waals surface area contributed by atoms with Gasteiger partial charge in [0.1, 0.15) is 11.5 Å². The summed E-state index contributed by atoms with van der Waals surface area (Å²) >= 11 is 1.49. The molecule has 1 saturated heterocycles. The summed E-state index contributed by atoms with van der Waals surface area (Å²) < 4.78 is 5.39. The van der Waals surface area contributed by atoms with Gasteiger partial charge in [-0.2, -0.15) is 0 Å². The number of nitrogens with zero attached hydrogens (tertiary/aromatic N) is 3. The standard InChI is InChI=1S/C24H23N3O3S/c28-23-21(20-9-5-15-31-20)22(24(29)27(23)17-19-8-4-14-30-19)26-12-10-25(11-13-26)16-18-6-2-1-3-7-18/h1-9,14-15H,10-13,16-17H2. The lowest BCUT2D eigenvalue weighted by molar-refractivity contribution is -0.138. The molecule has 0 bridgehead atoms. The fraction of sp³-hybridized carbons (Fsp3) is 0.250. The Bertz CT molecular complexity index is 1080. The van der Waals surface area contributed by atoms with Crippen molar-refractivity contribution in [1.29, 1.82) is 0 Å². The summed E-state index contributed by atoms with van der Waals surface area (Å²) in [7, 11) is 0. The molecule has 0 atom stereocenters. The minimum absolute atomic E-state index is 0.150. The third kappa shape index (κ3) is 3.94. The molecule has 0 radical (unpaired) electrons. The minimum atomic E-state index is -0.245. The van der Waals surface area contributed by atoms with Crippen molar-refractivity contribution in [2.24, 2.45) is 0 Å². The Balaban J connectivity index is 1.36. The van der Waals surface area contributed by atoms with E-state index in [9.17, 15) is 9.59 Å². The normalized spacial score (nSPS) is 17.8. The van der Waals surface area contributed by atoms with E-state index in [1.807, 2.05) is 23.6 Å². The zero-order chi connectivity index (χ0) is 21.2. The Morgan fingerprint density at radius 2 is 1.65 bits per heavy atom. The van der Waals surface area contributed by atoms with Crippen LogP contribution < -0.4 is 0 Å². The predicted molar refractivity (Wildman–Crippen MR) is 119 cm³/mol. The van der Waals surface area contributed by atoms with E-state index in [1.165, 1.54) is 21.8 Å². The van der Waals surface area contributed by atoms with Crippen LogP contribution >= 0.6 is 11.3 Å². The van der Waals surface area contributed by atoms with Crippen LogP contribution in [0.5, 0.6) is 0 Å². The Kier molecular flexibility index (Phi) is 5.44. The summed E-state index contributed by atoms with van der Waals surface area (Å²) in [6.07, 6.45) is 1.56. The highest BCUT2D eigenvalue weighted by molar-refractivity contribution is 7.11. The molecule has 2 amide bonds. The van der Waals surface area contributed by atoms with Crippen LogP contribution in [0.1, 0.15) is 16.2 Å². The van der Waals surface area contributed by atoms with Crippen LogP contribution in [-0.2, 0) is 22.7 Å². The lowest BCUT2D eigenvalue weighted by Crippen LogP contribution is -2.47. The van der Waals surface area contributed by atoms with Crippen LogP contribution in [0.4, 0.5) is 0 Å². The maximum absolute atomic E-state index is 13.4. The third-order valence-electron chi connectivity index (χ3n) is 5.74. The van der Waals surface area contributed by atoms with E-state index < -0.39 is 0 Å². The summed E-state index contributed by atoms with van der Waals surface area (Å²) in [5.74, 6) is 0.119. The zero-order valence-electron chi connectivity index (χ0n) is 17.1. The maximum atomic E-state index is 13.4. The maximum Gasteiger partial charge on any atom is 0.278 e. The van der Waals surface area contributed by atoms with E-state index in [0.29, 0.717) is 30.1 Å². The van der Waals surface area contributed by atoms with E-state index in [4.69, 9.17) is 4.42 Å². The summed E-state index contributed by atoms with van der Waals surface area (Å²) in [6.45, 7) is 4.15. The van der Waals surface area contributed by atoms with Crippen molar-refractivity contribution in [1.82, 2.24) is 14.7 Å². The molecule has 31 heavy (non-hydrogen) atoms. The first-order valence-electron chi connectivity index (χ1n) is 10.4. The van der Waals surface area contributed by atoms with E-state index in [1.54, 1.807) is 18.4 Å². The van der Waals surface area contributed by atoms with Crippen molar-refractivity contribution in [2.75, 3.05) is 26.2 Å². The first-order chi connectivity index (χ1) is 15.2. The molecule has 2 aromatic heterocycles. The van der Waals surface area contributed by atoms with E-state index in [-0.39, 0.29) is 18.4 Å². The smallest absolute Gasteiger partial charge is 0.278 e. The predicted octanol–water partition coefficient (Wildman–Crippen LogP) is 3.44. The SMILES string of the molecule is O=C1C(c2cccs2)=C(N2CCN(Cc3ccccc3)CC2)C(=O)N1Cc1ccco1. The number of rotatable bonds is 6. The van der Waals surface area contributed by atoms with Crippen molar-refractivity contribution in [3.8, 4) is 0 Å². The Hall–Kier alpha value is -3.16. The second kappa shape index (κ2) is 8.53. The summed E-state index contributed by atoms with van der Waals surface area (Å²) in [6, 6.07) is 17.8. The fourth-order valence-corrected chi connectivity index (χ4v) is 4.94. The van der Waals surface area contributed by atoms with Gasteiger partial charge in [-0.1, -0.05) is 36.4 Å². The van der Waals surface area contributed by atoms with Crippen molar-refractivity contribution < 1.29 is 14.0 Å². The van der Waals surface area contributed by atoms with Crippen molar-refractivity contribution >= 4 is 28.7 Å². The second-order valence-corrected chi connectivity index (χ2v) is 8.67. The number of benzene rings is 1. The number of imide groups is 1. The number of hydrogen-bond donors (Lipinski definition) is 0. The van der Waals surface area contributed by atoms with Gasteiger partial charge in [0.25, 0.3) is 11.8 Å². The Morgan fingerprint density at radius 3 is 2.32 bits per heavy atom. The highest BCUT2D eigenvalue weighted by Crippen LogP contribution is 2.35. The number of furan rings is 1. The molecule has 6 nitrogen and oxygen atoms in total. The molecule has 0 aliphatic carbocycles. The van der Waals surface area contributed by atoms with Crippen molar-refractivity contribution in [3.05, 3.63) is 88.1 Å². The lowest BCUT2D eigenvalue weighted by atomic mass is 10.1. The Morgan fingerprint density at radius 1 is 0.839 bits per heavy atom. The van der Waals surface area contributed by atoms with Crippen LogP contribution in [0.25, 0.3) is 5.57 Å². The molecule has 3 aromatic rings. The topological polar surface area (TPSA) is 57.0 Å². The number of amides is 2. The van der Waals surface area contributed by atoms with Crippen LogP contribution in [0.3, 0.4) is 0 Å². The lowest BCUT2D eigenvalue weighted by Gasteiger charge is -2.36. The summed E-state index contributed by atoms with van der Waals surface area (Å²) in [5.41, 5.74) is 2.33. The number of piperazine rings is 1. The average molecular weight is 434 g/mol. The summed E-state index contributed by atoms with van der Waals surface area (Å²) in [5, 5.41) is 1.94.